The minimum atomic E-state index is 0.596. The highest BCUT2D eigenvalue weighted by Gasteiger charge is 1.84. The van der Waals surface area contributed by atoms with Crippen LogP contribution in [0.4, 0.5) is 0 Å². The Labute approximate surface area is 71.8 Å². The van der Waals surface area contributed by atoms with Crippen molar-refractivity contribution >= 4 is 11.8 Å². The van der Waals surface area contributed by atoms with E-state index in [2.05, 4.69) is 5.16 Å². The van der Waals surface area contributed by atoms with E-state index < -0.39 is 0 Å². The summed E-state index contributed by atoms with van der Waals surface area (Å²) in [5, 5.41) is 11.4. The van der Waals surface area contributed by atoms with Crippen molar-refractivity contribution in [2.75, 3.05) is 0 Å². The molecule has 0 atom stereocenters. The highest BCUT2D eigenvalue weighted by atomic mass is 16.4. The van der Waals surface area contributed by atoms with Crippen LogP contribution in [0.3, 0.4) is 0 Å². The van der Waals surface area contributed by atoms with Crippen LogP contribution in [-0.4, -0.2) is 10.9 Å². The monoisotopic (exact) mass is 161 g/mol. The predicted octanol–water partition coefficient (Wildman–Crippen LogP) is 2.55. The third kappa shape index (κ3) is 2.58. The molecule has 0 aliphatic rings. The molecule has 1 rings (SSSR count). The summed E-state index contributed by atoms with van der Waals surface area (Å²) in [5.41, 5.74) is 1.69. The van der Waals surface area contributed by atoms with Crippen molar-refractivity contribution in [3.63, 3.8) is 0 Å². The molecule has 0 radical (unpaired) electrons. The molecule has 0 amide bonds. The zero-order valence-electron chi connectivity index (χ0n) is 6.94. The molecule has 0 aromatic heterocycles. The van der Waals surface area contributed by atoms with Gasteiger partial charge in [0.05, 0.1) is 5.71 Å². The summed E-state index contributed by atoms with van der Waals surface area (Å²) in [6.07, 6.45) is 3.66. The Morgan fingerprint density at radius 3 is 2.58 bits per heavy atom. The lowest BCUT2D eigenvalue weighted by atomic mass is 10.2. The zero-order valence-corrected chi connectivity index (χ0v) is 6.94. The topological polar surface area (TPSA) is 32.6 Å². The van der Waals surface area contributed by atoms with Gasteiger partial charge in [-0.3, -0.25) is 0 Å². The Hall–Kier alpha value is -1.57. The number of benzene rings is 1. The SMILES string of the molecule is C/C(C=Cc1ccccc1)=N\O. The van der Waals surface area contributed by atoms with E-state index in [0.29, 0.717) is 5.71 Å². The molecule has 1 aromatic carbocycles. The molecule has 0 spiro atoms. The molecular formula is C10H11NO. The number of oxime groups is 1. The van der Waals surface area contributed by atoms with E-state index in [1.165, 1.54) is 0 Å². The van der Waals surface area contributed by atoms with Crippen LogP contribution in [0.15, 0.2) is 41.6 Å². The van der Waals surface area contributed by atoms with Gasteiger partial charge in [-0.2, -0.15) is 0 Å². The minimum absolute atomic E-state index is 0.596. The molecule has 2 nitrogen and oxygen atoms in total. The molecule has 12 heavy (non-hydrogen) atoms. The first-order chi connectivity index (χ1) is 5.83. The first kappa shape index (κ1) is 8.53. The molecule has 2 heteroatoms. The van der Waals surface area contributed by atoms with Crippen LogP contribution in [0.1, 0.15) is 12.5 Å². The molecular weight excluding hydrogens is 150 g/mol. The van der Waals surface area contributed by atoms with Crippen LogP contribution < -0.4 is 0 Å². The second-order valence-electron chi connectivity index (χ2n) is 2.49. The Kier molecular flexibility index (Phi) is 3.08. The minimum Gasteiger partial charge on any atom is -0.411 e. The first-order valence-electron chi connectivity index (χ1n) is 3.74. The van der Waals surface area contributed by atoms with Gasteiger partial charge in [0.1, 0.15) is 0 Å². The zero-order chi connectivity index (χ0) is 8.81. The highest BCUT2D eigenvalue weighted by Crippen LogP contribution is 2.00. The van der Waals surface area contributed by atoms with E-state index >= 15 is 0 Å². The fraction of sp³-hybridized carbons (Fsp3) is 0.100. The van der Waals surface area contributed by atoms with Crippen LogP contribution in [0.25, 0.3) is 6.08 Å². The molecule has 0 fully saturated rings. The maximum atomic E-state index is 8.35. The summed E-state index contributed by atoms with van der Waals surface area (Å²) >= 11 is 0. The number of rotatable bonds is 2. The van der Waals surface area contributed by atoms with Gasteiger partial charge in [0.15, 0.2) is 0 Å². The second-order valence-corrected chi connectivity index (χ2v) is 2.49. The van der Waals surface area contributed by atoms with Crippen LogP contribution in [0.5, 0.6) is 0 Å². The summed E-state index contributed by atoms with van der Waals surface area (Å²) < 4.78 is 0. The number of hydrogen-bond acceptors (Lipinski definition) is 2. The quantitative estimate of drug-likeness (QED) is 0.403. The van der Waals surface area contributed by atoms with Crippen molar-refractivity contribution in [1.82, 2.24) is 0 Å². The van der Waals surface area contributed by atoms with Gasteiger partial charge in [-0.25, -0.2) is 0 Å². The van der Waals surface area contributed by atoms with E-state index in [0.717, 1.165) is 5.56 Å². The van der Waals surface area contributed by atoms with E-state index in [1.807, 2.05) is 36.4 Å². The van der Waals surface area contributed by atoms with Gasteiger partial charge in [-0.1, -0.05) is 41.6 Å². The van der Waals surface area contributed by atoms with E-state index in [-0.39, 0.29) is 0 Å². The van der Waals surface area contributed by atoms with Gasteiger partial charge in [0.25, 0.3) is 0 Å². The fourth-order valence-corrected chi connectivity index (χ4v) is 0.814. The van der Waals surface area contributed by atoms with E-state index in [4.69, 9.17) is 5.21 Å². The second kappa shape index (κ2) is 4.34. The van der Waals surface area contributed by atoms with E-state index in [9.17, 15) is 0 Å². The molecule has 0 saturated carbocycles. The summed E-state index contributed by atoms with van der Waals surface area (Å²) in [4.78, 5) is 0. The van der Waals surface area contributed by atoms with Crippen molar-refractivity contribution in [2.24, 2.45) is 5.16 Å². The average molecular weight is 161 g/mol. The Balaban J connectivity index is 2.70. The molecule has 62 valence electrons. The standard InChI is InChI=1S/C10H11NO/c1-9(11-12)7-8-10-5-3-2-4-6-10/h2-8,12H,1H3/b8-7?,11-9+. The summed E-state index contributed by atoms with van der Waals surface area (Å²) in [7, 11) is 0. The number of nitrogens with zero attached hydrogens (tertiary/aromatic N) is 1. The lowest BCUT2D eigenvalue weighted by Gasteiger charge is -1.89. The van der Waals surface area contributed by atoms with Crippen LogP contribution in [0, 0.1) is 0 Å². The maximum Gasteiger partial charge on any atom is 0.0765 e. The molecule has 0 saturated heterocycles. The van der Waals surface area contributed by atoms with Crippen LogP contribution >= 0.6 is 0 Å². The predicted molar refractivity (Wildman–Crippen MR) is 50.4 cm³/mol. The maximum absolute atomic E-state index is 8.35. The van der Waals surface area contributed by atoms with Gasteiger partial charge >= 0.3 is 0 Å². The molecule has 1 N–H and O–H groups in total. The van der Waals surface area contributed by atoms with Crippen molar-refractivity contribution in [2.45, 2.75) is 6.92 Å². The highest BCUT2D eigenvalue weighted by molar-refractivity contribution is 5.95. The Morgan fingerprint density at radius 2 is 2.00 bits per heavy atom. The Morgan fingerprint density at radius 1 is 1.33 bits per heavy atom. The molecule has 0 aliphatic heterocycles. The van der Waals surface area contributed by atoms with Crippen molar-refractivity contribution in [3.05, 3.63) is 42.0 Å². The average Bonchev–Trinajstić information content (AvgIpc) is 2.16. The van der Waals surface area contributed by atoms with Gasteiger partial charge in [-0.15, -0.1) is 0 Å². The van der Waals surface area contributed by atoms with E-state index in [1.54, 1.807) is 13.0 Å². The lowest BCUT2D eigenvalue weighted by Crippen LogP contribution is -1.82. The lowest BCUT2D eigenvalue weighted by molar-refractivity contribution is 0.319. The van der Waals surface area contributed by atoms with Crippen molar-refractivity contribution in [3.8, 4) is 0 Å². The van der Waals surface area contributed by atoms with Gasteiger partial charge in [0, 0.05) is 0 Å². The molecule has 0 bridgehead atoms. The van der Waals surface area contributed by atoms with Crippen LogP contribution in [-0.2, 0) is 0 Å². The third-order valence-corrected chi connectivity index (χ3v) is 1.47. The first-order valence-corrected chi connectivity index (χ1v) is 3.74. The third-order valence-electron chi connectivity index (χ3n) is 1.47. The normalized spacial score (nSPS) is 12.2. The van der Waals surface area contributed by atoms with Gasteiger partial charge < -0.3 is 5.21 Å². The summed E-state index contributed by atoms with van der Waals surface area (Å²) in [6.45, 7) is 1.74. The number of hydrogen-bond donors (Lipinski definition) is 1. The Bertz CT molecular complexity index is 288. The molecule has 0 unspecified atom stereocenters. The number of allylic oxidation sites excluding steroid dienone is 1. The van der Waals surface area contributed by atoms with Crippen LogP contribution in [0.2, 0.25) is 0 Å². The smallest absolute Gasteiger partial charge is 0.0765 e. The summed E-state index contributed by atoms with van der Waals surface area (Å²) in [5.74, 6) is 0. The molecule has 0 aliphatic carbocycles. The summed E-state index contributed by atoms with van der Waals surface area (Å²) in [6, 6.07) is 9.86. The van der Waals surface area contributed by atoms with Gasteiger partial charge in [0.2, 0.25) is 0 Å². The molecule has 1 aromatic rings. The largest absolute Gasteiger partial charge is 0.411 e. The van der Waals surface area contributed by atoms with Crippen molar-refractivity contribution < 1.29 is 5.21 Å². The van der Waals surface area contributed by atoms with Crippen molar-refractivity contribution in [1.29, 1.82) is 0 Å². The van der Waals surface area contributed by atoms with Gasteiger partial charge in [-0.05, 0) is 18.6 Å². The fourth-order valence-electron chi connectivity index (χ4n) is 0.814. The molecule has 0 heterocycles.